The van der Waals surface area contributed by atoms with Gasteiger partial charge in [0.1, 0.15) is 11.7 Å². The van der Waals surface area contributed by atoms with Gasteiger partial charge in [0.15, 0.2) is 5.65 Å². The molecular formula is C14H13BrN4O2. The monoisotopic (exact) mass is 348 g/mol. The van der Waals surface area contributed by atoms with Gasteiger partial charge >= 0.3 is 0 Å². The molecule has 108 valence electrons. The number of benzene rings is 1. The molecule has 3 rings (SSSR count). The van der Waals surface area contributed by atoms with Crippen molar-refractivity contribution in [3.8, 4) is 0 Å². The quantitative estimate of drug-likeness (QED) is 0.780. The molecule has 0 saturated heterocycles. The van der Waals surface area contributed by atoms with E-state index in [4.69, 9.17) is 0 Å². The lowest BCUT2D eigenvalue weighted by Crippen LogP contribution is -2.23. The van der Waals surface area contributed by atoms with Gasteiger partial charge in [-0.2, -0.15) is 5.10 Å². The standard InChI is InChI=1S/C14H13BrN4O2/c1-18-13-11(6-17-18)14(21)19(8-16-13)7-12(20)9-2-4-10(15)5-3-9/h2-6,8,12,20H,7H2,1H3. The third kappa shape index (κ3) is 2.62. The van der Waals surface area contributed by atoms with Gasteiger partial charge in [0, 0.05) is 11.5 Å². The first kappa shape index (κ1) is 14.0. The zero-order valence-electron chi connectivity index (χ0n) is 11.3. The van der Waals surface area contributed by atoms with E-state index in [1.165, 1.54) is 17.1 Å². The molecule has 0 spiro atoms. The van der Waals surface area contributed by atoms with Crippen molar-refractivity contribution in [2.24, 2.45) is 7.05 Å². The summed E-state index contributed by atoms with van der Waals surface area (Å²) in [4.78, 5) is 16.5. The highest BCUT2D eigenvalue weighted by molar-refractivity contribution is 9.10. The number of hydrogen-bond donors (Lipinski definition) is 1. The fraction of sp³-hybridized carbons (Fsp3) is 0.214. The van der Waals surface area contributed by atoms with E-state index in [0.717, 1.165) is 10.0 Å². The molecule has 0 saturated carbocycles. The maximum absolute atomic E-state index is 12.3. The fourth-order valence-corrected chi connectivity index (χ4v) is 2.44. The second kappa shape index (κ2) is 5.42. The zero-order valence-corrected chi connectivity index (χ0v) is 12.9. The molecule has 1 N–H and O–H groups in total. The van der Waals surface area contributed by atoms with Gasteiger partial charge in [-0.3, -0.25) is 14.0 Å². The van der Waals surface area contributed by atoms with Crippen LogP contribution in [0.4, 0.5) is 0 Å². The van der Waals surface area contributed by atoms with Crippen molar-refractivity contribution < 1.29 is 5.11 Å². The number of rotatable bonds is 3. The van der Waals surface area contributed by atoms with Crippen LogP contribution in [-0.2, 0) is 13.6 Å². The molecular weight excluding hydrogens is 336 g/mol. The number of fused-ring (bicyclic) bond motifs is 1. The molecule has 21 heavy (non-hydrogen) atoms. The molecule has 7 heteroatoms. The van der Waals surface area contributed by atoms with Crippen LogP contribution in [0.15, 0.2) is 46.1 Å². The number of aliphatic hydroxyl groups excluding tert-OH is 1. The number of aliphatic hydroxyl groups is 1. The van der Waals surface area contributed by atoms with Crippen molar-refractivity contribution in [1.82, 2.24) is 19.3 Å². The smallest absolute Gasteiger partial charge is 0.264 e. The Morgan fingerprint density at radius 3 is 2.76 bits per heavy atom. The van der Waals surface area contributed by atoms with Crippen LogP contribution in [0, 0.1) is 0 Å². The van der Waals surface area contributed by atoms with E-state index < -0.39 is 6.10 Å². The largest absolute Gasteiger partial charge is 0.387 e. The Kier molecular flexibility index (Phi) is 3.60. The van der Waals surface area contributed by atoms with E-state index >= 15 is 0 Å². The van der Waals surface area contributed by atoms with Crippen molar-refractivity contribution in [3.05, 3.63) is 57.2 Å². The van der Waals surface area contributed by atoms with E-state index in [1.54, 1.807) is 11.7 Å². The Bertz CT molecular complexity index is 838. The molecule has 0 amide bonds. The number of aryl methyl sites for hydroxylation is 1. The normalized spacial score (nSPS) is 12.7. The van der Waals surface area contributed by atoms with Gasteiger partial charge in [-0.25, -0.2) is 4.98 Å². The van der Waals surface area contributed by atoms with Crippen molar-refractivity contribution >= 4 is 27.0 Å². The maximum atomic E-state index is 12.3. The van der Waals surface area contributed by atoms with E-state index in [1.807, 2.05) is 24.3 Å². The molecule has 0 radical (unpaired) electrons. The molecule has 1 aromatic carbocycles. The predicted molar refractivity (Wildman–Crippen MR) is 81.9 cm³/mol. The molecule has 0 fully saturated rings. The molecule has 0 bridgehead atoms. The molecule has 0 aliphatic heterocycles. The number of halogens is 1. The Morgan fingerprint density at radius 1 is 1.33 bits per heavy atom. The average Bonchev–Trinajstić information content (AvgIpc) is 2.85. The summed E-state index contributed by atoms with van der Waals surface area (Å²) in [5.41, 5.74) is 1.08. The minimum absolute atomic E-state index is 0.151. The highest BCUT2D eigenvalue weighted by Gasteiger charge is 2.12. The van der Waals surface area contributed by atoms with Gasteiger partial charge < -0.3 is 5.11 Å². The van der Waals surface area contributed by atoms with Crippen LogP contribution >= 0.6 is 15.9 Å². The van der Waals surface area contributed by atoms with Crippen LogP contribution in [0.1, 0.15) is 11.7 Å². The first-order chi connectivity index (χ1) is 10.1. The molecule has 1 atom stereocenters. The van der Waals surface area contributed by atoms with E-state index in [-0.39, 0.29) is 12.1 Å². The summed E-state index contributed by atoms with van der Waals surface area (Å²) >= 11 is 3.35. The molecule has 6 nitrogen and oxygen atoms in total. The van der Waals surface area contributed by atoms with Gasteiger partial charge in [-0.05, 0) is 17.7 Å². The van der Waals surface area contributed by atoms with Gasteiger partial charge in [0.05, 0.1) is 18.8 Å². The number of hydrogen-bond acceptors (Lipinski definition) is 4. The van der Waals surface area contributed by atoms with Crippen LogP contribution in [-0.4, -0.2) is 24.4 Å². The van der Waals surface area contributed by atoms with Crippen LogP contribution in [0.3, 0.4) is 0 Å². The molecule has 2 heterocycles. The minimum atomic E-state index is -0.772. The summed E-state index contributed by atoms with van der Waals surface area (Å²) in [5, 5.41) is 14.7. The van der Waals surface area contributed by atoms with Crippen LogP contribution < -0.4 is 5.56 Å². The third-order valence-corrected chi connectivity index (χ3v) is 3.87. The SMILES string of the molecule is Cn1ncc2c(=O)n(CC(O)c3ccc(Br)cc3)cnc21. The summed E-state index contributed by atoms with van der Waals surface area (Å²) in [6.45, 7) is 0.151. The number of aromatic nitrogens is 4. The summed E-state index contributed by atoms with van der Waals surface area (Å²) in [6, 6.07) is 7.33. The highest BCUT2D eigenvalue weighted by atomic mass is 79.9. The predicted octanol–water partition coefficient (Wildman–Crippen LogP) is 1.63. The van der Waals surface area contributed by atoms with Gasteiger partial charge in [-0.15, -0.1) is 0 Å². The minimum Gasteiger partial charge on any atom is -0.387 e. The van der Waals surface area contributed by atoms with Crippen molar-refractivity contribution in [2.75, 3.05) is 0 Å². The Hall–Kier alpha value is -1.99. The van der Waals surface area contributed by atoms with Gasteiger partial charge in [-0.1, -0.05) is 28.1 Å². The second-order valence-electron chi connectivity index (χ2n) is 4.77. The van der Waals surface area contributed by atoms with Crippen LogP contribution in [0.25, 0.3) is 11.0 Å². The van der Waals surface area contributed by atoms with E-state index in [9.17, 15) is 9.90 Å². The molecule has 0 aliphatic carbocycles. The fourth-order valence-electron chi connectivity index (χ4n) is 2.17. The summed E-state index contributed by atoms with van der Waals surface area (Å²) in [5.74, 6) is 0. The van der Waals surface area contributed by atoms with E-state index in [2.05, 4.69) is 26.0 Å². The average molecular weight is 349 g/mol. The topological polar surface area (TPSA) is 72.9 Å². The number of nitrogens with zero attached hydrogens (tertiary/aromatic N) is 4. The second-order valence-corrected chi connectivity index (χ2v) is 5.69. The third-order valence-electron chi connectivity index (χ3n) is 3.34. The van der Waals surface area contributed by atoms with Crippen LogP contribution in [0.5, 0.6) is 0 Å². The van der Waals surface area contributed by atoms with Crippen molar-refractivity contribution in [1.29, 1.82) is 0 Å². The lowest BCUT2D eigenvalue weighted by molar-refractivity contribution is 0.155. The maximum Gasteiger partial charge on any atom is 0.264 e. The molecule has 0 aliphatic rings. The highest BCUT2D eigenvalue weighted by Crippen LogP contribution is 2.18. The Balaban J connectivity index is 1.92. The van der Waals surface area contributed by atoms with Crippen LogP contribution in [0.2, 0.25) is 0 Å². The first-order valence-corrected chi connectivity index (χ1v) is 7.16. The van der Waals surface area contributed by atoms with Gasteiger partial charge in [0.25, 0.3) is 5.56 Å². The lowest BCUT2D eigenvalue weighted by atomic mass is 10.1. The van der Waals surface area contributed by atoms with Crippen molar-refractivity contribution in [3.63, 3.8) is 0 Å². The first-order valence-electron chi connectivity index (χ1n) is 6.37. The molecule has 2 aromatic heterocycles. The van der Waals surface area contributed by atoms with Crippen molar-refractivity contribution in [2.45, 2.75) is 12.6 Å². The summed E-state index contributed by atoms with van der Waals surface area (Å²) < 4.78 is 3.89. The van der Waals surface area contributed by atoms with E-state index in [0.29, 0.717) is 11.0 Å². The summed E-state index contributed by atoms with van der Waals surface area (Å²) in [7, 11) is 1.73. The van der Waals surface area contributed by atoms with Gasteiger partial charge in [0.2, 0.25) is 0 Å². The zero-order chi connectivity index (χ0) is 15.0. The molecule has 1 unspecified atom stereocenters. The Labute approximate surface area is 128 Å². The lowest BCUT2D eigenvalue weighted by Gasteiger charge is -2.12. The molecule has 3 aromatic rings. The summed E-state index contributed by atoms with van der Waals surface area (Å²) in [6.07, 6.45) is 2.16. The Morgan fingerprint density at radius 2 is 2.05 bits per heavy atom.